The minimum Gasteiger partial charge on any atom is -0.491 e. The average molecular weight is 375 g/mol. The average Bonchev–Trinajstić information content (AvgIpc) is 3.26. The van der Waals surface area contributed by atoms with Crippen molar-refractivity contribution in [3.8, 4) is 5.75 Å². The lowest BCUT2D eigenvalue weighted by Gasteiger charge is -2.19. The van der Waals surface area contributed by atoms with Crippen molar-refractivity contribution < 1.29 is 14.3 Å². The van der Waals surface area contributed by atoms with E-state index < -0.39 is 0 Å². The molecule has 0 aliphatic carbocycles. The molecule has 0 aromatic heterocycles. The molecule has 0 N–H and O–H groups in total. The number of nitrogens with zero attached hydrogens (tertiary/aromatic N) is 1. The summed E-state index contributed by atoms with van der Waals surface area (Å²) in [6.07, 6.45) is 2.34. The van der Waals surface area contributed by atoms with E-state index in [-0.39, 0.29) is 12.0 Å². The third kappa shape index (κ3) is 4.18. The van der Waals surface area contributed by atoms with E-state index in [1.54, 1.807) is 4.90 Å². The molecule has 3 aromatic rings. The minimum atomic E-state index is -0.00129. The number of fused-ring (bicyclic) bond motifs is 1. The molecule has 0 spiro atoms. The SMILES string of the molecule is CN(Cc1cccc2ccccc12)C(=O)c1ccc(OCC2CCCO2)cc1. The second-order valence-corrected chi connectivity index (χ2v) is 7.27. The minimum absolute atomic E-state index is 0.00129. The second kappa shape index (κ2) is 8.44. The molecule has 0 radical (unpaired) electrons. The zero-order valence-electron chi connectivity index (χ0n) is 16.1. The van der Waals surface area contributed by atoms with Gasteiger partial charge in [-0.05, 0) is 53.4 Å². The fourth-order valence-electron chi connectivity index (χ4n) is 3.64. The Bertz CT molecular complexity index is 940. The molecular weight excluding hydrogens is 350 g/mol. The molecule has 144 valence electrons. The molecular formula is C24H25NO3. The van der Waals surface area contributed by atoms with E-state index in [1.807, 2.05) is 49.5 Å². The number of rotatable bonds is 6. The van der Waals surface area contributed by atoms with Gasteiger partial charge in [0, 0.05) is 25.8 Å². The summed E-state index contributed by atoms with van der Waals surface area (Å²) in [5.41, 5.74) is 1.80. The monoisotopic (exact) mass is 375 g/mol. The van der Waals surface area contributed by atoms with Gasteiger partial charge in [0.15, 0.2) is 0 Å². The number of carbonyl (C=O) groups excluding carboxylic acids is 1. The Balaban J connectivity index is 1.40. The summed E-state index contributed by atoms with van der Waals surface area (Å²) in [4.78, 5) is 14.6. The molecule has 28 heavy (non-hydrogen) atoms. The summed E-state index contributed by atoms with van der Waals surface area (Å²) < 4.78 is 11.3. The van der Waals surface area contributed by atoms with Gasteiger partial charge in [0.05, 0.1) is 6.10 Å². The van der Waals surface area contributed by atoms with Crippen molar-refractivity contribution in [2.24, 2.45) is 0 Å². The Kier molecular flexibility index (Phi) is 5.58. The van der Waals surface area contributed by atoms with Crippen LogP contribution in [0.15, 0.2) is 66.7 Å². The maximum absolute atomic E-state index is 12.8. The normalized spacial score (nSPS) is 16.2. The van der Waals surface area contributed by atoms with Gasteiger partial charge >= 0.3 is 0 Å². The van der Waals surface area contributed by atoms with Crippen LogP contribution in [0.2, 0.25) is 0 Å². The smallest absolute Gasteiger partial charge is 0.253 e. The van der Waals surface area contributed by atoms with Gasteiger partial charge in [0.2, 0.25) is 0 Å². The molecule has 4 nitrogen and oxygen atoms in total. The summed E-state index contributed by atoms with van der Waals surface area (Å²) in [5.74, 6) is 0.766. The first kappa shape index (κ1) is 18.5. The highest BCUT2D eigenvalue weighted by Crippen LogP contribution is 2.21. The fourth-order valence-corrected chi connectivity index (χ4v) is 3.64. The largest absolute Gasteiger partial charge is 0.491 e. The number of benzene rings is 3. The van der Waals surface area contributed by atoms with Crippen LogP contribution >= 0.6 is 0 Å². The number of hydrogen-bond donors (Lipinski definition) is 0. The zero-order valence-corrected chi connectivity index (χ0v) is 16.1. The first-order valence-electron chi connectivity index (χ1n) is 9.77. The summed E-state index contributed by atoms with van der Waals surface area (Å²) in [7, 11) is 1.84. The highest BCUT2D eigenvalue weighted by molar-refractivity contribution is 5.94. The molecule has 1 heterocycles. The number of amides is 1. The van der Waals surface area contributed by atoms with Crippen molar-refractivity contribution in [3.05, 3.63) is 77.9 Å². The van der Waals surface area contributed by atoms with E-state index in [1.165, 1.54) is 10.8 Å². The lowest BCUT2D eigenvalue weighted by atomic mass is 10.0. The van der Waals surface area contributed by atoms with Crippen molar-refractivity contribution >= 4 is 16.7 Å². The van der Waals surface area contributed by atoms with Gasteiger partial charge in [-0.2, -0.15) is 0 Å². The lowest BCUT2D eigenvalue weighted by Crippen LogP contribution is -2.26. The van der Waals surface area contributed by atoms with Crippen LogP contribution in [0.5, 0.6) is 5.75 Å². The maximum Gasteiger partial charge on any atom is 0.253 e. The Hall–Kier alpha value is -2.85. The summed E-state index contributed by atoms with van der Waals surface area (Å²) in [6, 6.07) is 21.8. The van der Waals surface area contributed by atoms with Crippen LogP contribution in [0.25, 0.3) is 10.8 Å². The van der Waals surface area contributed by atoms with Crippen LogP contribution in [-0.4, -0.2) is 37.2 Å². The molecule has 4 rings (SSSR count). The van der Waals surface area contributed by atoms with Crippen LogP contribution in [-0.2, 0) is 11.3 Å². The van der Waals surface area contributed by atoms with E-state index >= 15 is 0 Å². The molecule has 1 aliphatic rings. The molecule has 1 fully saturated rings. The van der Waals surface area contributed by atoms with E-state index in [2.05, 4.69) is 24.3 Å². The molecule has 0 saturated carbocycles. The summed E-state index contributed by atoms with van der Waals surface area (Å²) in [5, 5.41) is 2.37. The standard InChI is InChI=1S/C24H25NO3/c1-25(16-20-8-4-7-18-6-2-3-10-23(18)20)24(26)19-11-13-21(14-12-19)28-17-22-9-5-15-27-22/h2-4,6-8,10-14,22H,5,9,15-17H2,1H3. The number of carbonyl (C=O) groups is 1. The van der Waals surface area contributed by atoms with E-state index in [4.69, 9.17) is 9.47 Å². The van der Waals surface area contributed by atoms with Crippen molar-refractivity contribution in [1.82, 2.24) is 4.90 Å². The second-order valence-electron chi connectivity index (χ2n) is 7.27. The molecule has 3 aromatic carbocycles. The fraction of sp³-hybridized carbons (Fsp3) is 0.292. The van der Waals surface area contributed by atoms with Gasteiger partial charge in [0.1, 0.15) is 12.4 Å². The van der Waals surface area contributed by atoms with E-state index in [0.717, 1.165) is 30.8 Å². The van der Waals surface area contributed by atoms with Crippen molar-refractivity contribution in [2.45, 2.75) is 25.5 Å². The predicted molar refractivity (Wildman–Crippen MR) is 111 cm³/mol. The summed E-state index contributed by atoms with van der Waals surface area (Å²) >= 11 is 0. The number of ether oxygens (including phenoxy) is 2. The molecule has 1 unspecified atom stereocenters. The van der Waals surface area contributed by atoms with E-state index in [0.29, 0.717) is 18.7 Å². The molecule has 1 aliphatic heterocycles. The molecule has 0 bridgehead atoms. The van der Waals surface area contributed by atoms with Crippen molar-refractivity contribution in [2.75, 3.05) is 20.3 Å². The Morgan fingerprint density at radius 1 is 1.07 bits per heavy atom. The molecule has 1 atom stereocenters. The van der Waals surface area contributed by atoms with Gasteiger partial charge in [-0.3, -0.25) is 4.79 Å². The first-order valence-corrected chi connectivity index (χ1v) is 9.77. The van der Waals surface area contributed by atoms with Crippen LogP contribution in [0.3, 0.4) is 0 Å². The van der Waals surface area contributed by atoms with Crippen LogP contribution in [0.4, 0.5) is 0 Å². The number of hydrogen-bond acceptors (Lipinski definition) is 3. The van der Waals surface area contributed by atoms with Crippen LogP contribution in [0, 0.1) is 0 Å². The van der Waals surface area contributed by atoms with Gasteiger partial charge in [-0.25, -0.2) is 0 Å². The van der Waals surface area contributed by atoms with Crippen molar-refractivity contribution in [1.29, 1.82) is 0 Å². The lowest BCUT2D eigenvalue weighted by molar-refractivity contribution is 0.0679. The predicted octanol–water partition coefficient (Wildman–Crippen LogP) is 4.67. The van der Waals surface area contributed by atoms with Gasteiger partial charge in [-0.1, -0.05) is 42.5 Å². The molecule has 1 amide bonds. The van der Waals surface area contributed by atoms with Crippen LogP contribution < -0.4 is 4.74 Å². The van der Waals surface area contributed by atoms with Gasteiger partial charge in [-0.15, -0.1) is 0 Å². The van der Waals surface area contributed by atoms with E-state index in [9.17, 15) is 4.79 Å². The van der Waals surface area contributed by atoms with Crippen LogP contribution in [0.1, 0.15) is 28.8 Å². The third-order valence-corrected chi connectivity index (χ3v) is 5.20. The first-order chi connectivity index (χ1) is 13.7. The maximum atomic E-state index is 12.8. The summed E-state index contributed by atoms with van der Waals surface area (Å²) in [6.45, 7) is 1.95. The zero-order chi connectivity index (χ0) is 19.3. The highest BCUT2D eigenvalue weighted by Gasteiger charge is 2.17. The topological polar surface area (TPSA) is 38.8 Å². The third-order valence-electron chi connectivity index (χ3n) is 5.20. The quantitative estimate of drug-likeness (QED) is 0.628. The molecule has 4 heteroatoms. The Morgan fingerprint density at radius 2 is 1.86 bits per heavy atom. The van der Waals surface area contributed by atoms with Crippen molar-refractivity contribution in [3.63, 3.8) is 0 Å². The van der Waals surface area contributed by atoms with Gasteiger partial charge < -0.3 is 14.4 Å². The van der Waals surface area contributed by atoms with Gasteiger partial charge in [0.25, 0.3) is 5.91 Å². The highest BCUT2D eigenvalue weighted by atomic mass is 16.5. The Labute approximate surface area is 165 Å². The Morgan fingerprint density at radius 3 is 2.64 bits per heavy atom. The molecule has 1 saturated heterocycles.